The third-order valence-corrected chi connectivity index (χ3v) is 3.81. The molecule has 1 fully saturated rings. The first-order valence-corrected chi connectivity index (χ1v) is 6.14. The monoisotopic (exact) mass is 250 g/mol. The van der Waals surface area contributed by atoms with Gasteiger partial charge in [0, 0.05) is 6.20 Å². The molecule has 0 radical (unpaired) electrons. The molecule has 3 N–H and O–H groups in total. The van der Waals surface area contributed by atoms with Crippen molar-refractivity contribution in [2.75, 3.05) is 0 Å². The van der Waals surface area contributed by atoms with Crippen molar-refractivity contribution in [2.24, 2.45) is 5.92 Å². The van der Waals surface area contributed by atoms with Crippen molar-refractivity contribution in [3.63, 3.8) is 0 Å². The number of nitrogens with one attached hydrogen (secondary N) is 2. The van der Waals surface area contributed by atoms with E-state index in [0.717, 1.165) is 24.8 Å². The molecule has 5 heteroatoms. The van der Waals surface area contributed by atoms with Crippen LogP contribution in [0.1, 0.15) is 42.2 Å². The van der Waals surface area contributed by atoms with Crippen molar-refractivity contribution in [2.45, 2.75) is 38.6 Å². The zero-order valence-electron chi connectivity index (χ0n) is 10.6. The zero-order chi connectivity index (χ0) is 13.3. The number of aryl methyl sites for hydroxylation is 1. The molecule has 0 aliphatic heterocycles. The van der Waals surface area contributed by atoms with Gasteiger partial charge in [-0.15, -0.1) is 0 Å². The maximum absolute atomic E-state index is 12.0. The molecule has 1 heterocycles. The molecule has 1 aliphatic carbocycles. The molecular weight excluding hydrogens is 232 g/mol. The van der Waals surface area contributed by atoms with Crippen LogP contribution in [-0.4, -0.2) is 27.5 Å². The molecular formula is C13H18N2O3. The lowest BCUT2D eigenvalue weighted by Crippen LogP contribution is -2.59. The number of hydrogen-bond acceptors (Lipinski definition) is 2. The van der Waals surface area contributed by atoms with Gasteiger partial charge in [-0.05, 0) is 44.2 Å². The predicted octanol–water partition coefficient (Wildman–Crippen LogP) is 1.70. The summed E-state index contributed by atoms with van der Waals surface area (Å²) < 4.78 is 0. The second-order valence-electron chi connectivity index (χ2n) is 5.18. The van der Waals surface area contributed by atoms with Crippen LogP contribution in [0, 0.1) is 12.8 Å². The highest BCUT2D eigenvalue weighted by Gasteiger charge is 2.45. The lowest BCUT2D eigenvalue weighted by atomic mass is 9.71. The Balaban J connectivity index is 2.14. The van der Waals surface area contributed by atoms with E-state index in [9.17, 15) is 14.7 Å². The van der Waals surface area contributed by atoms with Crippen LogP contribution in [0.2, 0.25) is 0 Å². The Bertz CT molecular complexity index is 476. The standard InChI is InChI=1S/C13H18N2O3/c1-8-6-10(14-7-8)11(16)15-13(2,12(17)18)9-4-3-5-9/h6-7,9,14H,3-5H2,1-2H3,(H,15,16)(H,17,18). The average molecular weight is 250 g/mol. The maximum Gasteiger partial charge on any atom is 0.329 e. The molecule has 1 saturated carbocycles. The fraction of sp³-hybridized carbons (Fsp3) is 0.538. The first-order valence-electron chi connectivity index (χ1n) is 6.14. The van der Waals surface area contributed by atoms with E-state index in [4.69, 9.17) is 0 Å². The lowest BCUT2D eigenvalue weighted by Gasteiger charge is -2.40. The van der Waals surface area contributed by atoms with Crippen molar-refractivity contribution in [1.29, 1.82) is 0 Å². The Hall–Kier alpha value is -1.78. The summed E-state index contributed by atoms with van der Waals surface area (Å²) in [5, 5.41) is 12.0. The third-order valence-electron chi connectivity index (χ3n) is 3.81. The van der Waals surface area contributed by atoms with Crippen molar-refractivity contribution >= 4 is 11.9 Å². The minimum Gasteiger partial charge on any atom is -0.480 e. The molecule has 1 aromatic heterocycles. The smallest absolute Gasteiger partial charge is 0.329 e. The molecule has 18 heavy (non-hydrogen) atoms. The van der Waals surface area contributed by atoms with Crippen LogP contribution in [0.15, 0.2) is 12.3 Å². The summed E-state index contributed by atoms with van der Waals surface area (Å²) in [5.74, 6) is -1.31. The van der Waals surface area contributed by atoms with Gasteiger partial charge in [0.25, 0.3) is 5.91 Å². The molecule has 1 aliphatic rings. The molecule has 0 bridgehead atoms. The minimum atomic E-state index is -1.17. The van der Waals surface area contributed by atoms with Gasteiger partial charge in [-0.3, -0.25) is 4.79 Å². The Labute approximate surface area is 106 Å². The number of amides is 1. The van der Waals surface area contributed by atoms with Crippen LogP contribution in [0.5, 0.6) is 0 Å². The summed E-state index contributed by atoms with van der Waals surface area (Å²) in [6.45, 7) is 3.46. The van der Waals surface area contributed by atoms with Gasteiger partial charge in [0.1, 0.15) is 11.2 Å². The van der Waals surface area contributed by atoms with E-state index in [1.165, 1.54) is 0 Å². The summed E-state index contributed by atoms with van der Waals surface area (Å²) in [7, 11) is 0. The number of aromatic nitrogens is 1. The van der Waals surface area contributed by atoms with Crippen molar-refractivity contribution in [3.8, 4) is 0 Å². The molecule has 98 valence electrons. The highest BCUT2D eigenvalue weighted by Crippen LogP contribution is 2.36. The number of carbonyl (C=O) groups is 2. The summed E-state index contributed by atoms with van der Waals surface area (Å²) in [4.78, 5) is 26.3. The fourth-order valence-electron chi connectivity index (χ4n) is 2.25. The topological polar surface area (TPSA) is 82.2 Å². The molecule has 0 aromatic carbocycles. The van der Waals surface area contributed by atoms with Gasteiger partial charge in [-0.2, -0.15) is 0 Å². The summed E-state index contributed by atoms with van der Waals surface area (Å²) in [6.07, 6.45) is 4.46. The fourth-order valence-corrected chi connectivity index (χ4v) is 2.25. The average Bonchev–Trinajstić information content (AvgIpc) is 2.61. The van der Waals surface area contributed by atoms with E-state index in [2.05, 4.69) is 10.3 Å². The van der Waals surface area contributed by atoms with Crippen LogP contribution in [0.25, 0.3) is 0 Å². The van der Waals surface area contributed by atoms with Crippen LogP contribution < -0.4 is 5.32 Å². The Morgan fingerprint density at radius 1 is 1.50 bits per heavy atom. The van der Waals surface area contributed by atoms with Gasteiger partial charge in [0.05, 0.1) is 0 Å². The molecule has 2 rings (SSSR count). The van der Waals surface area contributed by atoms with E-state index >= 15 is 0 Å². The number of rotatable bonds is 4. The van der Waals surface area contributed by atoms with Gasteiger partial charge in [0.2, 0.25) is 0 Å². The van der Waals surface area contributed by atoms with Crippen molar-refractivity contribution in [1.82, 2.24) is 10.3 Å². The van der Waals surface area contributed by atoms with Gasteiger partial charge in [0.15, 0.2) is 0 Å². The quantitative estimate of drug-likeness (QED) is 0.760. The van der Waals surface area contributed by atoms with Crippen LogP contribution >= 0.6 is 0 Å². The predicted molar refractivity (Wildman–Crippen MR) is 66.4 cm³/mol. The van der Waals surface area contributed by atoms with Crippen LogP contribution in [0.4, 0.5) is 0 Å². The Kier molecular flexibility index (Phi) is 3.15. The Morgan fingerprint density at radius 3 is 2.56 bits per heavy atom. The summed E-state index contributed by atoms with van der Waals surface area (Å²) in [6, 6.07) is 1.71. The molecule has 1 amide bonds. The third kappa shape index (κ3) is 2.12. The lowest BCUT2D eigenvalue weighted by molar-refractivity contribution is -0.147. The number of aliphatic carboxylic acids is 1. The summed E-state index contributed by atoms with van der Waals surface area (Å²) in [5.41, 5.74) is 0.175. The largest absolute Gasteiger partial charge is 0.480 e. The highest BCUT2D eigenvalue weighted by molar-refractivity contribution is 5.96. The van der Waals surface area contributed by atoms with Gasteiger partial charge < -0.3 is 15.4 Å². The second kappa shape index (κ2) is 4.48. The number of carbonyl (C=O) groups excluding carboxylic acids is 1. The highest BCUT2D eigenvalue weighted by atomic mass is 16.4. The first kappa shape index (κ1) is 12.7. The summed E-state index contributed by atoms with van der Waals surface area (Å²) >= 11 is 0. The molecule has 1 atom stereocenters. The second-order valence-corrected chi connectivity index (χ2v) is 5.18. The number of carboxylic acids is 1. The molecule has 0 spiro atoms. The number of hydrogen-bond donors (Lipinski definition) is 3. The molecule has 1 unspecified atom stereocenters. The van der Waals surface area contributed by atoms with Gasteiger partial charge in [-0.25, -0.2) is 4.79 Å². The van der Waals surface area contributed by atoms with Crippen molar-refractivity contribution < 1.29 is 14.7 Å². The molecule has 0 saturated heterocycles. The first-order chi connectivity index (χ1) is 8.43. The van der Waals surface area contributed by atoms with Crippen molar-refractivity contribution in [3.05, 3.63) is 23.5 Å². The normalized spacial score (nSPS) is 18.8. The minimum absolute atomic E-state index is 0.0232. The van der Waals surface area contributed by atoms with E-state index in [1.54, 1.807) is 19.2 Å². The maximum atomic E-state index is 12.0. The van der Waals surface area contributed by atoms with Crippen LogP contribution in [-0.2, 0) is 4.79 Å². The SMILES string of the molecule is Cc1c[nH]c(C(=O)NC(C)(C(=O)O)C2CCC2)c1. The van der Waals surface area contributed by atoms with Gasteiger partial charge >= 0.3 is 5.97 Å². The number of carboxylic acid groups (broad SMARTS) is 1. The number of H-pyrrole nitrogens is 1. The molecule has 1 aromatic rings. The Morgan fingerprint density at radius 2 is 2.17 bits per heavy atom. The van der Waals surface area contributed by atoms with E-state index in [-0.39, 0.29) is 11.8 Å². The van der Waals surface area contributed by atoms with E-state index in [1.807, 2.05) is 6.92 Å². The number of aromatic amines is 1. The van der Waals surface area contributed by atoms with E-state index in [0.29, 0.717) is 5.69 Å². The van der Waals surface area contributed by atoms with Gasteiger partial charge in [-0.1, -0.05) is 6.42 Å². The molecule has 5 nitrogen and oxygen atoms in total. The van der Waals surface area contributed by atoms with Crippen LogP contribution in [0.3, 0.4) is 0 Å². The van der Waals surface area contributed by atoms with E-state index < -0.39 is 11.5 Å². The zero-order valence-corrected chi connectivity index (χ0v) is 10.6.